The Hall–Kier alpha value is -8.00. The molecule has 1 saturated carbocycles. The fourth-order valence-corrected chi connectivity index (χ4v) is 13.1. The third-order valence-corrected chi connectivity index (χ3v) is 16.0. The first-order valence-electron chi connectivity index (χ1n) is 25.5. The van der Waals surface area contributed by atoms with Gasteiger partial charge in [0, 0.05) is 16.7 Å². The highest BCUT2D eigenvalue weighted by atomic mass is 15.2. The number of rotatable bonds is 9. The molecule has 0 saturated heterocycles. The molecule has 1 fully saturated rings. The first kappa shape index (κ1) is 42.1. The Bertz CT molecular complexity index is 3520. The summed E-state index contributed by atoms with van der Waals surface area (Å²) >= 11 is 0. The number of benzene rings is 10. The standard InChI is InChI=1S/C69H55N/c1-5-24-48(25-6-1)54-39-19-28-50-30-21-41-58(66(50)54)56-36-14-17-45-63(56)70(64-46-18-15-37-57(64)59-42-22-31-51-29-20-40-55(67(51)59)49-26-7-2-8-27-49)65-47-23-44-62-68(65)60-38-13-16-43-61(60)69(62,52-32-9-3-10-33-52)53-34-11-4-12-35-53/h1,3-6,9-25,28-39,41-47,49,55H,2,7-8,26-27,40H2. The van der Waals surface area contributed by atoms with E-state index in [0.29, 0.717) is 11.8 Å². The third kappa shape index (κ3) is 6.82. The quantitative estimate of drug-likeness (QED) is 0.140. The maximum absolute atomic E-state index is 2.64. The highest BCUT2D eigenvalue weighted by Gasteiger charge is 2.47. The highest BCUT2D eigenvalue weighted by molar-refractivity contribution is 6.10. The summed E-state index contributed by atoms with van der Waals surface area (Å²) in [5.74, 6) is 1.17. The minimum absolute atomic E-state index is 0.489. The van der Waals surface area contributed by atoms with Crippen molar-refractivity contribution in [1.29, 1.82) is 0 Å². The molecule has 3 aliphatic carbocycles. The molecule has 0 aromatic heterocycles. The zero-order valence-electron chi connectivity index (χ0n) is 39.5. The van der Waals surface area contributed by atoms with Gasteiger partial charge in [0.15, 0.2) is 0 Å². The summed E-state index contributed by atoms with van der Waals surface area (Å²) in [6, 6.07) is 88.8. The van der Waals surface area contributed by atoms with Gasteiger partial charge < -0.3 is 4.90 Å². The van der Waals surface area contributed by atoms with Gasteiger partial charge in [0.1, 0.15) is 0 Å². The zero-order valence-corrected chi connectivity index (χ0v) is 39.5. The summed E-state index contributed by atoms with van der Waals surface area (Å²) in [7, 11) is 0. The Morgan fingerprint density at radius 1 is 0.386 bits per heavy atom. The molecule has 336 valence electrons. The van der Waals surface area contributed by atoms with Crippen molar-refractivity contribution in [2.24, 2.45) is 5.92 Å². The summed E-state index contributed by atoms with van der Waals surface area (Å²) in [4.78, 5) is 2.64. The number of anilines is 3. The van der Waals surface area contributed by atoms with E-state index in [4.69, 9.17) is 0 Å². The molecule has 13 rings (SSSR count). The van der Waals surface area contributed by atoms with Gasteiger partial charge in [-0.05, 0) is 121 Å². The van der Waals surface area contributed by atoms with Crippen molar-refractivity contribution in [3.05, 3.63) is 276 Å². The average Bonchev–Trinajstić information content (AvgIpc) is 3.75. The molecule has 0 radical (unpaired) electrons. The molecule has 0 bridgehead atoms. The molecule has 3 aliphatic rings. The van der Waals surface area contributed by atoms with Crippen LogP contribution in [0, 0.1) is 5.92 Å². The third-order valence-electron chi connectivity index (χ3n) is 16.0. The number of para-hydroxylation sites is 2. The van der Waals surface area contributed by atoms with Crippen LogP contribution in [0.25, 0.3) is 61.4 Å². The van der Waals surface area contributed by atoms with E-state index in [0.717, 1.165) is 17.8 Å². The molecule has 0 heterocycles. The molecular formula is C69H55N. The van der Waals surface area contributed by atoms with Crippen molar-refractivity contribution in [1.82, 2.24) is 0 Å². The number of allylic oxidation sites excluding steroid dienone is 1. The first-order valence-corrected chi connectivity index (χ1v) is 25.5. The molecule has 0 N–H and O–H groups in total. The smallest absolute Gasteiger partial charge is 0.0714 e. The predicted octanol–water partition coefficient (Wildman–Crippen LogP) is 18.8. The number of hydrogen-bond donors (Lipinski definition) is 0. The Kier molecular flexibility index (Phi) is 10.7. The Labute approximate surface area is 413 Å². The summed E-state index contributed by atoms with van der Waals surface area (Å²) in [5.41, 5.74) is 20.9. The Morgan fingerprint density at radius 3 is 1.60 bits per heavy atom. The molecule has 70 heavy (non-hydrogen) atoms. The molecule has 0 amide bonds. The Morgan fingerprint density at radius 2 is 0.900 bits per heavy atom. The van der Waals surface area contributed by atoms with Crippen LogP contribution in [0.5, 0.6) is 0 Å². The second kappa shape index (κ2) is 17.8. The van der Waals surface area contributed by atoms with Gasteiger partial charge >= 0.3 is 0 Å². The van der Waals surface area contributed by atoms with Gasteiger partial charge in [0.25, 0.3) is 0 Å². The predicted molar refractivity (Wildman–Crippen MR) is 295 cm³/mol. The molecule has 0 aliphatic heterocycles. The van der Waals surface area contributed by atoms with Crippen molar-refractivity contribution < 1.29 is 0 Å². The lowest BCUT2D eigenvalue weighted by molar-refractivity contribution is 0.304. The number of fused-ring (bicyclic) bond motifs is 5. The minimum atomic E-state index is -0.548. The fourth-order valence-electron chi connectivity index (χ4n) is 13.1. The second-order valence-corrected chi connectivity index (χ2v) is 19.6. The zero-order chi connectivity index (χ0) is 46.4. The molecule has 10 aromatic carbocycles. The van der Waals surface area contributed by atoms with E-state index < -0.39 is 5.41 Å². The lowest BCUT2D eigenvalue weighted by atomic mass is 9.68. The Balaban J connectivity index is 1.13. The summed E-state index contributed by atoms with van der Waals surface area (Å²) in [5, 5.41) is 2.48. The van der Waals surface area contributed by atoms with Gasteiger partial charge in [0.05, 0.1) is 22.5 Å². The van der Waals surface area contributed by atoms with Crippen molar-refractivity contribution >= 4 is 33.9 Å². The van der Waals surface area contributed by atoms with Crippen LogP contribution in [0.1, 0.15) is 77.8 Å². The van der Waals surface area contributed by atoms with E-state index in [9.17, 15) is 0 Å². The molecule has 1 heteroatoms. The van der Waals surface area contributed by atoms with E-state index in [1.165, 1.54) is 126 Å². The van der Waals surface area contributed by atoms with E-state index in [1.54, 1.807) is 0 Å². The van der Waals surface area contributed by atoms with Crippen LogP contribution in [0.15, 0.2) is 243 Å². The van der Waals surface area contributed by atoms with Crippen LogP contribution < -0.4 is 4.90 Å². The molecule has 1 unspecified atom stereocenters. The largest absolute Gasteiger partial charge is 0.309 e. The maximum Gasteiger partial charge on any atom is 0.0714 e. The molecular weight excluding hydrogens is 843 g/mol. The monoisotopic (exact) mass is 897 g/mol. The maximum atomic E-state index is 2.64. The van der Waals surface area contributed by atoms with Crippen LogP contribution in [-0.4, -0.2) is 0 Å². The summed E-state index contributed by atoms with van der Waals surface area (Å²) < 4.78 is 0. The van der Waals surface area contributed by atoms with E-state index in [2.05, 4.69) is 254 Å². The van der Waals surface area contributed by atoms with Crippen LogP contribution in [-0.2, 0) is 5.41 Å². The van der Waals surface area contributed by atoms with Gasteiger partial charge in [-0.15, -0.1) is 0 Å². The molecule has 1 atom stereocenters. The van der Waals surface area contributed by atoms with E-state index >= 15 is 0 Å². The highest BCUT2D eigenvalue weighted by Crippen LogP contribution is 2.61. The van der Waals surface area contributed by atoms with Crippen molar-refractivity contribution in [2.45, 2.75) is 49.9 Å². The minimum Gasteiger partial charge on any atom is -0.309 e. The van der Waals surface area contributed by atoms with Gasteiger partial charge in [-0.3, -0.25) is 0 Å². The lowest BCUT2D eigenvalue weighted by Crippen LogP contribution is -2.28. The molecule has 10 aromatic rings. The normalized spacial score (nSPS) is 15.8. The fraction of sp³-hybridized carbons (Fsp3) is 0.130. The topological polar surface area (TPSA) is 3.24 Å². The van der Waals surface area contributed by atoms with Crippen LogP contribution >= 0.6 is 0 Å². The van der Waals surface area contributed by atoms with Crippen LogP contribution in [0.4, 0.5) is 17.1 Å². The average molecular weight is 898 g/mol. The molecule has 0 spiro atoms. The number of hydrogen-bond acceptors (Lipinski definition) is 1. The van der Waals surface area contributed by atoms with Crippen molar-refractivity contribution in [2.75, 3.05) is 4.90 Å². The van der Waals surface area contributed by atoms with Crippen LogP contribution in [0.2, 0.25) is 0 Å². The number of nitrogens with zero attached hydrogens (tertiary/aromatic N) is 1. The van der Waals surface area contributed by atoms with Crippen LogP contribution in [0.3, 0.4) is 0 Å². The van der Waals surface area contributed by atoms with Gasteiger partial charge in [-0.1, -0.05) is 250 Å². The van der Waals surface area contributed by atoms with Crippen molar-refractivity contribution in [3.8, 4) is 44.5 Å². The SMILES string of the molecule is C1=Cc2cccc(-c3ccccc3N(c3ccccc3-c3cccc4cccc(-c5ccccc5)c34)c3cccc4c3-c3ccccc3C4(c3ccccc3)c3ccccc3)c2C(C2CCCCC2)C1. The van der Waals surface area contributed by atoms with E-state index in [-0.39, 0.29) is 0 Å². The first-order chi connectivity index (χ1) is 34.8. The summed E-state index contributed by atoms with van der Waals surface area (Å²) in [6.45, 7) is 0. The van der Waals surface area contributed by atoms with Crippen molar-refractivity contribution in [3.63, 3.8) is 0 Å². The van der Waals surface area contributed by atoms with Gasteiger partial charge in [-0.2, -0.15) is 0 Å². The second-order valence-electron chi connectivity index (χ2n) is 19.6. The molecule has 1 nitrogen and oxygen atoms in total. The van der Waals surface area contributed by atoms with Gasteiger partial charge in [0.2, 0.25) is 0 Å². The van der Waals surface area contributed by atoms with Gasteiger partial charge in [-0.25, -0.2) is 0 Å². The summed E-state index contributed by atoms with van der Waals surface area (Å²) in [6.07, 6.45) is 12.6. The van der Waals surface area contributed by atoms with E-state index in [1.807, 2.05) is 0 Å². The lowest BCUT2D eigenvalue weighted by Gasteiger charge is -2.36.